The van der Waals surface area contributed by atoms with E-state index in [-0.39, 0.29) is 5.91 Å². The van der Waals surface area contributed by atoms with Gasteiger partial charge in [0, 0.05) is 12.7 Å². The highest BCUT2D eigenvalue weighted by Crippen LogP contribution is 2.17. The van der Waals surface area contributed by atoms with Crippen LogP contribution >= 0.6 is 0 Å². The Hall–Kier alpha value is -2.32. The van der Waals surface area contributed by atoms with E-state index in [0.717, 1.165) is 0 Å². The Balaban J connectivity index is 1.79. The quantitative estimate of drug-likeness (QED) is 0.685. The number of hydrogen-bond donors (Lipinski definition) is 3. The molecule has 0 aromatic carbocycles. The van der Waals surface area contributed by atoms with Gasteiger partial charge in [0.05, 0.1) is 17.8 Å². The highest BCUT2D eigenvalue weighted by molar-refractivity contribution is 5.96. The van der Waals surface area contributed by atoms with Crippen LogP contribution in [-0.2, 0) is 4.79 Å². The molecule has 1 saturated heterocycles. The summed E-state index contributed by atoms with van der Waals surface area (Å²) in [5.41, 5.74) is 0.547. The normalized spacial score (nSPS) is 21.9. The monoisotopic (exact) mass is 274 g/mol. The van der Waals surface area contributed by atoms with Gasteiger partial charge in [-0.25, -0.2) is 14.6 Å². The molecule has 8 nitrogen and oxygen atoms in total. The molecule has 0 bridgehead atoms. The third kappa shape index (κ3) is 2.51. The van der Waals surface area contributed by atoms with Gasteiger partial charge in [0.25, 0.3) is 0 Å². The van der Waals surface area contributed by atoms with Gasteiger partial charge in [-0.05, 0) is 18.6 Å². The fraction of sp³-hybridized carbons (Fsp3) is 0.333. The summed E-state index contributed by atoms with van der Waals surface area (Å²) in [5.74, 6) is 0.299. The molecular formula is C12H14N6O2. The number of nitrogens with one attached hydrogen (secondary N) is 2. The molecule has 1 fully saturated rings. The first kappa shape index (κ1) is 12.7. The van der Waals surface area contributed by atoms with Gasteiger partial charge < -0.3 is 15.7 Å². The second-order valence-electron chi connectivity index (χ2n) is 4.55. The van der Waals surface area contributed by atoms with Crippen LogP contribution < -0.4 is 10.6 Å². The number of pyridine rings is 1. The molecule has 1 aliphatic heterocycles. The number of rotatable bonds is 3. The molecule has 0 aliphatic carbocycles. The number of nitrogens with zero attached hydrogens (tertiary/aromatic N) is 4. The molecule has 0 radical (unpaired) electrons. The van der Waals surface area contributed by atoms with Gasteiger partial charge in [-0.2, -0.15) is 5.10 Å². The van der Waals surface area contributed by atoms with E-state index in [0.29, 0.717) is 24.5 Å². The molecule has 104 valence electrons. The standard InChI is InChI=1S/C12H14N6O2/c19-8-4-10(15-5-8)12(20)17-9-2-1-3-14-11(9)18-7-13-6-16-18/h1-3,6-8,10,15,19H,4-5H2,(H,17,20). The van der Waals surface area contributed by atoms with E-state index in [9.17, 15) is 9.90 Å². The lowest BCUT2D eigenvalue weighted by Gasteiger charge is -2.13. The van der Waals surface area contributed by atoms with Crippen molar-refractivity contribution in [2.75, 3.05) is 11.9 Å². The smallest absolute Gasteiger partial charge is 0.241 e. The van der Waals surface area contributed by atoms with Crippen molar-refractivity contribution >= 4 is 11.6 Å². The first-order valence-electron chi connectivity index (χ1n) is 6.26. The predicted octanol–water partition coefficient (Wildman–Crippen LogP) is -0.676. The van der Waals surface area contributed by atoms with Gasteiger partial charge >= 0.3 is 0 Å². The Morgan fingerprint density at radius 2 is 2.45 bits per heavy atom. The van der Waals surface area contributed by atoms with Crippen molar-refractivity contribution in [3.8, 4) is 5.82 Å². The third-order valence-electron chi connectivity index (χ3n) is 3.10. The van der Waals surface area contributed by atoms with Gasteiger partial charge in [0.1, 0.15) is 12.7 Å². The summed E-state index contributed by atoms with van der Waals surface area (Å²) in [6.45, 7) is 0.432. The Bertz CT molecular complexity index is 600. The molecule has 0 spiro atoms. The van der Waals surface area contributed by atoms with E-state index in [1.54, 1.807) is 18.3 Å². The lowest BCUT2D eigenvalue weighted by atomic mass is 10.2. The summed E-state index contributed by atoms with van der Waals surface area (Å²) in [7, 11) is 0. The lowest BCUT2D eigenvalue weighted by Crippen LogP contribution is -2.35. The maximum absolute atomic E-state index is 12.1. The number of hydrogen-bond acceptors (Lipinski definition) is 6. The topological polar surface area (TPSA) is 105 Å². The van der Waals surface area contributed by atoms with Crippen LogP contribution in [0, 0.1) is 0 Å². The number of aromatic nitrogens is 4. The minimum Gasteiger partial charge on any atom is -0.392 e. The molecule has 1 aliphatic rings. The van der Waals surface area contributed by atoms with Crippen molar-refractivity contribution in [2.45, 2.75) is 18.6 Å². The van der Waals surface area contributed by atoms with E-state index in [4.69, 9.17) is 0 Å². The molecule has 3 rings (SSSR count). The fourth-order valence-electron chi connectivity index (χ4n) is 2.13. The summed E-state index contributed by atoms with van der Waals surface area (Å²) in [6.07, 6.45) is 4.45. The maximum Gasteiger partial charge on any atom is 0.241 e. The number of amides is 1. The largest absolute Gasteiger partial charge is 0.392 e. The van der Waals surface area contributed by atoms with Crippen molar-refractivity contribution in [1.82, 2.24) is 25.1 Å². The van der Waals surface area contributed by atoms with Crippen LogP contribution in [0.4, 0.5) is 5.69 Å². The minimum absolute atomic E-state index is 0.198. The first-order chi connectivity index (χ1) is 9.74. The van der Waals surface area contributed by atoms with Crippen LogP contribution in [0.15, 0.2) is 31.0 Å². The zero-order valence-corrected chi connectivity index (χ0v) is 10.6. The van der Waals surface area contributed by atoms with Crippen LogP contribution in [0.3, 0.4) is 0 Å². The van der Waals surface area contributed by atoms with Gasteiger partial charge in [0.2, 0.25) is 5.91 Å². The molecule has 2 aromatic heterocycles. The average molecular weight is 274 g/mol. The van der Waals surface area contributed by atoms with Crippen molar-refractivity contribution in [1.29, 1.82) is 0 Å². The summed E-state index contributed by atoms with van der Waals surface area (Å²) in [6, 6.07) is 3.08. The number of anilines is 1. The number of aliphatic hydroxyl groups excluding tert-OH is 1. The fourth-order valence-corrected chi connectivity index (χ4v) is 2.13. The highest BCUT2D eigenvalue weighted by atomic mass is 16.3. The molecule has 0 saturated carbocycles. The molecule has 3 heterocycles. The van der Waals surface area contributed by atoms with Gasteiger partial charge in [-0.3, -0.25) is 4.79 Å². The van der Waals surface area contributed by atoms with Crippen molar-refractivity contribution < 1.29 is 9.90 Å². The predicted molar refractivity (Wildman–Crippen MR) is 70.2 cm³/mol. The van der Waals surface area contributed by atoms with Gasteiger partial charge in [0.15, 0.2) is 5.82 Å². The molecule has 8 heteroatoms. The van der Waals surface area contributed by atoms with Crippen LogP contribution in [-0.4, -0.2) is 49.5 Å². The average Bonchev–Trinajstić information content (AvgIpc) is 3.10. The maximum atomic E-state index is 12.1. The first-order valence-corrected chi connectivity index (χ1v) is 6.26. The number of carbonyl (C=O) groups is 1. The second-order valence-corrected chi connectivity index (χ2v) is 4.55. The van der Waals surface area contributed by atoms with Crippen molar-refractivity contribution in [2.24, 2.45) is 0 Å². The lowest BCUT2D eigenvalue weighted by molar-refractivity contribution is -0.117. The SMILES string of the molecule is O=C(Nc1cccnc1-n1cncn1)C1CC(O)CN1. The number of aliphatic hydroxyl groups is 1. The zero-order valence-electron chi connectivity index (χ0n) is 10.6. The van der Waals surface area contributed by atoms with Crippen LogP contribution in [0.1, 0.15) is 6.42 Å². The summed E-state index contributed by atoms with van der Waals surface area (Å²) >= 11 is 0. The van der Waals surface area contributed by atoms with Gasteiger partial charge in [-0.1, -0.05) is 0 Å². The van der Waals surface area contributed by atoms with Crippen LogP contribution in [0.2, 0.25) is 0 Å². The Morgan fingerprint density at radius 3 is 3.15 bits per heavy atom. The summed E-state index contributed by atoms with van der Waals surface area (Å²) in [5, 5.41) is 19.2. The van der Waals surface area contributed by atoms with Crippen molar-refractivity contribution in [3.63, 3.8) is 0 Å². The minimum atomic E-state index is -0.477. The third-order valence-corrected chi connectivity index (χ3v) is 3.10. The molecule has 2 unspecified atom stereocenters. The van der Waals surface area contributed by atoms with E-state index in [1.807, 2.05) is 0 Å². The molecule has 2 aromatic rings. The van der Waals surface area contributed by atoms with E-state index < -0.39 is 12.1 Å². The molecule has 20 heavy (non-hydrogen) atoms. The highest BCUT2D eigenvalue weighted by Gasteiger charge is 2.28. The van der Waals surface area contributed by atoms with E-state index in [1.165, 1.54) is 17.3 Å². The summed E-state index contributed by atoms with van der Waals surface area (Å²) in [4.78, 5) is 20.2. The Morgan fingerprint density at radius 1 is 1.55 bits per heavy atom. The van der Waals surface area contributed by atoms with Gasteiger partial charge in [-0.15, -0.1) is 0 Å². The zero-order chi connectivity index (χ0) is 13.9. The number of β-amino-alcohol motifs (C(OH)–C–C–N with tert-alkyl or cyclic N) is 1. The Kier molecular flexibility index (Phi) is 3.40. The second kappa shape index (κ2) is 5.35. The molecule has 1 amide bonds. The summed E-state index contributed by atoms with van der Waals surface area (Å²) < 4.78 is 1.48. The Labute approximate surface area is 114 Å². The molecular weight excluding hydrogens is 260 g/mol. The molecule has 2 atom stereocenters. The van der Waals surface area contributed by atoms with Crippen LogP contribution in [0.25, 0.3) is 5.82 Å². The van der Waals surface area contributed by atoms with E-state index >= 15 is 0 Å². The van der Waals surface area contributed by atoms with Crippen molar-refractivity contribution in [3.05, 3.63) is 31.0 Å². The van der Waals surface area contributed by atoms with Crippen LogP contribution in [0.5, 0.6) is 0 Å². The van der Waals surface area contributed by atoms with E-state index in [2.05, 4.69) is 25.7 Å². The molecule has 3 N–H and O–H groups in total. The number of carbonyl (C=O) groups excluding carboxylic acids is 1.